The molecule has 31 heavy (non-hydrogen) atoms. The van der Waals surface area contributed by atoms with Crippen LogP contribution in [0.15, 0.2) is 47.6 Å². The van der Waals surface area contributed by atoms with E-state index in [4.69, 9.17) is 4.74 Å². The Kier molecular flexibility index (Phi) is 9.29. The molecule has 2 N–H and O–H groups in total. The molecule has 0 amide bonds. The van der Waals surface area contributed by atoms with Gasteiger partial charge in [0.25, 0.3) is 0 Å². The molecule has 170 valence electrons. The molecule has 1 aromatic carbocycles. The van der Waals surface area contributed by atoms with Crippen LogP contribution < -0.4 is 15.4 Å². The molecule has 1 saturated heterocycles. The van der Waals surface area contributed by atoms with Crippen LogP contribution in [-0.4, -0.2) is 54.7 Å². The summed E-state index contributed by atoms with van der Waals surface area (Å²) in [6, 6.07) is 9.07. The van der Waals surface area contributed by atoms with Gasteiger partial charge in [0.05, 0.1) is 6.54 Å². The number of rotatable bonds is 6. The minimum atomic E-state index is -4.19. The summed E-state index contributed by atoms with van der Waals surface area (Å²) in [5.41, 5.74) is 0.871. The first-order valence-corrected chi connectivity index (χ1v) is 9.45. The van der Waals surface area contributed by atoms with Gasteiger partial charge >= 0.3 is 6.18 Å². The molecule has 3 rings (SSSR count). The minimum Gasteiger partial charge on any atom is -0.439 e. The molecule has 2 heterocycles. The van der Waals surface area contributed by atoms with Gasteiger partial charge in [0.15, 0.2) is 5.96 Å². The van der Waals surface area contributed by atoms with E-state index in [0.717, 1.165) is 5.56 Å². The van der Waals surface area contributed by atoms with E-state index >= 15 is 0 Å². The van der Waals surface area contributed by atoms with Crippen LogP contribution in [-0.2, 0) is 6.54 Å². The highest BCUT2D eigenvalue weighted by Crippen LogP contribution is 2.21. The molecule has 0 spiro atoms. The summed E-state index contributed by atoms with van der Waals surface area (Å²) in [7, 11) is 1.60. The third-order valence-electron chi connectivity index (χ3n) is 4.53. The smallest absolute Gasteiger partial charge is 0.401 e. The second-order valence-electron chi connectivity index (χ2n) is 6.96. The van der Waals surface area contributed by atoms with Gasteiger partial charge in [-0.05, 0) is 42.3 Å². The zero-order valence-electron chi connectivity index (χ0n) is 16.8. The van der Waals surface area contributed by atoms with Gasteiger partial charge in [-0.1, -0.05) is 0 Å². The first kappa shape index (κ1) is 25.1. The lowest BCUT2D eigenvalue weighted by molar-refractivity contribution is -0.143. The number of nitrogens with one attached hydrogen (secondary N) is 2. The summed E-state index contributed by atoms with van der Waals surface area (Å²) in [4.78, 5) is 9.66. The van der Waals surface area contributed by atoms with Crippen molar-refractivity contribution >= 4 is 29.9 Å². The lowest BCUT2D eigenvalue weighted by Crippen LogP contribution is -2.44. The molecule has 0 bridgehead atoms. The van der Waals surface area contributed by atoms with Crippen LogP contribution in [0.25, 0.3) is 0 Å². The summed E-state index contributed by atoms with van der Waals surface area (Å²) in [6.45, 7) is 0.222. The van der Waals surface area contributed by atoms with Crippen LogP contribution in [0.1, 0.15) is 12.0 Å². The van der Waals surface area contributed by atoms with Crippen LogP contribution in [0, 0.1) is 5.82 Å². The predicted octanol–water partition coefficient (Wildman–Crippen LogP) is 3.93. The largest absolute Gasteiger partial charge is 0.439 e. The van der Waals surface area contributed by atoms with Gasteiger partial charge < -0.3 is 15.4 Å². The molecule has 0 radical (unpaired) electrons. The maximum Gasteiger partial charge on any atom is 0.401 e. The van der Waals surface area contributed by atoms with Crippen LogP contribution in [0.5, 0.6) is 11.6 Å². The van der Waals surface area contributed by atoms with E-state index in [1.54, 1.807) is 25.4 Å². The summed E-state index contributed by atoms with van der Waals surface area (Å²) in [5, 5.41) is 6.30. The molecule has 11 heteroatoms. The molecular weight excluding hydrogens is 529 g/mol. The zero-order valence-corrected chi connectivity index (χ0v) is 19.2. The van der Waals surface area contributed by atoms with Crippen LogP contribution in [0.3, 0.4) is 0 Å². The van der Waals surface area contributed by atoms with E-state index in [1.807, 2.05) is 0 Å². The van der Waals surface area contributed by atoms with Crippen molar-refractivity contribution in [3.8, 4) is 11.6 Å². The summed E-state index contributed by atoms with van der Waals surface area (Å²) in [6.07, 6.45) is -1.98. The highest BCUT2D eigenvalue weighted by molar-refractivity contribution is 14.0. The van der Waals surface area contributed by atoms with Crippen molar-refractivity contribution in [3.05, 3.63) is 54.0 Å². The Bertz CT molecular complexity index is 863. The van der Waals surface area contributed by atoms with E-state index in [1.165, 1.54) is 29.2 Å². The van der Waals surface area contributed by atoms with Crippen LogP contribution >= 0.6 is 24.0 Å². The Morgan fingerprint density at radius 1 is 1.26 bits per heavy atom. The number of benzene rings is 1. The van der Waals surface area contributed by atoms with E-state index < -0.39 is 12.7 Å². The molecule has 1 fully saturated rings. The highest BCUT2D eigenvalue weighted by Gasteiger charge is 2.34. The molecule has 0 saturated carbocycles. The Morgan fingerprint density at radius 3 is 2.68 bits per heavy atom. The van der Waals surface area contributed by atoms with E-state index in [0.29, 0.717) is 43.6 Å². The molecule has 1 unspecified atom stereocenters. The second kappa shape index (κ2) is 11.5. The second-order valence-corrected chi connectivity index (χ2v) is 6.96. The van der Waals surface area contributed by atoms with Crippen molar-refractivity contribution in [1.82, 2.24) is 20.5 Å². The average Bonchev–Trinajstić information content (AvgIpc) is 3.12. The fraction of sp³-hybridized carbons (Fsp3) is 0.400. The molecule has 2 aromatic rings. The van der Waals surface area contributed by atoms with Crippen molar-refractivity contribution in [3.63, 3.8) is 0 Å². The van der Waals surface area contributed by atoms with Crippen molar-refractivity contribution in [1.29, 1.82) is 0 Å². The third kappa shape index (κ3) is 8.48. The van der Waals surface area contributed by atoms with Crippen LogP contribution in [0.2, 0.25) is 0 Å². The Morgan fingerprint density at radius 2 is 2.00 bits per heavy atom. The van der Waals surface area contributed by atoms with Gasteiger partial charge in [-0.3, -0.25) is 9.89 Å². The number of nitrogens with zero attached hydrogens (tertiary/aromatic N) is 3. The quantitative estimate of drug-likeness (QED) is 0.246. The van der Waals surface area contributed by atoms with Gasteiger partial charge in [-0.25, -0.2) is 9.37 Å². The molecule has 0 aliphatic carbocycles. The number of alkyl halides is 3. The number of hydrogen-bond donors (Lipinski definition) is 2. The van der Waals surface area contributed by atoms with Gasteiger partial charge in [0, 0.05) is 45.0 Å². The maximum absolute atomic E-state index is 13.0. The average molecular weight is 553 g/mol. The van der Waals surface area contributed by atoms with Crippen LogP contribution in [0.4, 0.5) is 17.6 Å². The van der Waals surface area contributed by atoms with E-state index in [9.17, 15) is 17.6 Å². The number of halogens is 5. The molecule has 6 nitrogen and oxygen atoms in total. The maximum atomic E-state index is 13.0. The van der Waals surface area contributed by atoms with Gasteiger partial charge in [0.2, 0.25) is 5.88 Å². The van der Waals surface area contributed by atoms with Gasteiger partial charge in [0.1, 0.15) is 11.6 Å². The zero-order chi connectivity index (χ0) is 21.6. The first-order valence-electron chi connectivity index (χ1n) is 9.45. The highest BCUT2D eigenvalue weighted by atomic mass is 127. The number of ether oxygens (including phenoxy) is 1. The number of guanidine groups is 1. The van der Waals surface area contributed by atoms with Crippen molar-refractivity contribution in [2.24, 2.45) is 4.99 Å². The number of hydrogen-bond acceptors (Lipinski definition) is 4. The van der Waals surface area contributed by atoms with E-state index in [-0.39, 0.29) is 35.8 Å². The van der Waals surface area contributed by atoms with Gasteiger partial charge in [-0.2, -0.15) is 13.2 Å². The third-order valence-corrected chi connectivity index (χ3v) is 4.53. The lowest BCUT2D eigenvalue weighted by atomic mass is 10.2. The fourth-order valence-corrected chi connectivity index (χ4v) is 3.16. The molecular formula is C20H24F4IN5O. The minimum absolute atomic E-state index is 0. The van der Waals surface area contributed by atoms with Gasteiger partial charge in [-0.15, -0.1) is 24.0 Å². The first-order chi connectivity index (χ1) is 14.3. The standard InChI is InChI=1S/C20H23F4N5O.HI/c1-25-19(28-16-7-9-29(12-16)13-20(22,23)24)27-11-14-6-8-26-18(10-14)30-17-4-2-15(21)3-5-17;/h2-6,8,10,16H,7,9,11-13H2,1H3,(H2,25,27,28);1H. The molecule has 1 aliphatic rings. The number of pyridine rings is 1. The van der Waals surface area contributed by atoms with Crippen molar-refractivity contribution in [2.75, 3.05) is 26.7 Å². The SMILES string of the molecule is CN=C(NCc1ccnc(Oc2ccc(F)cc2)c1)NC1CCN(CC(F)(F)F)C1.I. The van der Waals surface area contributed by atoms with Crippen molar-refractivity contribution in [2.45, 2.75) is 25.2 Å². The Labute approximate surface area is 195 Å². The normalized spacial score (nSPS) is 17.2. The number of aliphatic imine (C=N–C) groups is 1. The predicted molar refractivity (Wildman–Crippen MR) is 120 cm³/mol. The topological polar surface area (TPSA) is 61.8 Å². The summed E-state index contributed by atoms with van der Waals surface area (Å²) < 4.78 is 56.2. The summed E-state index contributed by atoms with van der Waals surface area (Å²) in [5.74, 6) is 0.987. The fourth-order valence-electron chi connectivity index (χ4n) is 3.16. The van der Waals surface area contributed by atoms with Crippen molar-refractivity contribution < 1.29 is 22.3 Å². The Hall–Kier alpha value is -2.15. The Balaban J connectivity index is 0.00000341. The molecule has 1 aromatic heterocycles. The molecule has 1 atom stereocenters. The number of aromatic nitrogens is 1. The van der Waals surface area contributed by atoms with E-state index in [2.05, 4.69) is 20.6 Å². The number of likely N-dealkylation sites (tertiary alicyclic amines) is 1. The lowest BCUT2D eigenvalue weighted by Gasteiger charge is -2.20. The summed E-state index contributed by atoms with van der Waals surface area (Å²) >= 11 is 0. The molecule has 1 aliphatic heterocycles. The monoisotopic (exact) mass is 553 g/mol.